The molecule has 0 aromatic heterocycles. The van der Waals surface area contributed by atoms with Crippen LogP contribution in [0.25, 0.3) is 0 Å². The number of aliphatic hydroxyl groups is 1. The SMILES string of the molecule is CCCCCCC/C=C\C/C=C\C/C=C\CCCCCCCCCCC(=O)NC(COP(=O)([O-])OCC[N+](C)(C)C)C(O)CCCCCCCCCCCCCCCCC. The van der Waals surface area contributed by atoms with Gasteiger partial charge >= 0.3 is 0 Å². The van der Waals surface area contributed by atoms with Crippen molar-refractivity contribution in [2.75, 3.05) is 40.9 Å². The van der Waals surface area contributed by atoms with Crippen molar-refractivity contribution in [2.45, 2.75) is 244 Å². The molecule has 0 aromatic rings. The zero-order valence-corrected chi connectivity index (χ0v) is 41.1. The number of allylic oxidation sites excluding steroid dienone is 6. The summed E-state index contributed by atoms with van der Waals surface area (Å²) in [6.07, 6.45) is 52.9. The maximum Gasteiger partial charge on any atom is 0.268 e. The van der Waals surface area contributed by atoms with E-state index < -0.39 is 20.0 Å². The Morgan fingerprint density at radius 2 is 0.967 bits per heavy atom. The summed E-state index contributed by atoms with van der Waals surface area (Å²) in [7, 11) is 1.30. The minimum absolute atomic E-state index is 0.0102. The number of quaternary nitrogens is 1. The Morgan fingerprint density at radius 1 is 0.583 bits per heavy atom. The van der Waals surface area contributed by atoms with E-state index in [0.717, 1.165) is 57.8 Å². The molecule has 354 valence electrons. The van der Waals surface area contributed by atoms with Crippen LogP contribution >= 0.6 is 7.82 Å². The van der Waals surface area contributed by atoms with E-state index in [1.807, 2.05) is 21.1 Å². The lowest BCUT2D eigenvalue weighted by Crippen LogP contribution is -2.46. The van der Waals surface area contributed by atoms with Gasteiger partial charge in [-0.1, -0.05) is 211 Å². The molecule has 0 aliphatic carbocycles. The Kier molecular flexibility index (Phi) is 42.1. The Labute approximate surface area is 372 Å². The molecule has 0 saturated heterocycles. The average Bonchev–Trinajstić information content (AvgIpc) is 3.20. The number of likely N-dealkylation sites (N-methyl/N-ethyl adjacent to an activating group) is 1. The van der Waals surface area contributed by atoms with Gasteiger partial charge in [0.1, 0.15) is 13.2 Å². The van der Waals surface area contributed by atoms with Gasteiger partial charge in [0.05, 0.1) is 39.9 Å². The van der Waals surface area contributed by atoms with Gasteiger partial charge in [0, 0.05) is 6.42 Å². The molecule has 0 saturated carbocycles. The van der Waals surface area contributed by atoms with E-state index in [1.54, 1.807) is 0 Å². The number of unbranched alkanes of at least 4 members (excludes halogenated alkanes) is 27. The summed E-state index contributed by atoms with van der Waals surface area (Å²) in [6.45, 7) is 4.71. The fraction of sp³-hybridized carbons (Fsp3) is 0.863. The van der Waals surface area contributed by atoms with Crippen molar-refractivity contribution in [3.63, 3.8) is 0 Å². The lowest BCUT2D eigenvalue weighted by Gasteiger charge is -2.30. The molecule has 0 fully saturated rings. The summed E-state index contributed by atoms with van der Waals surface area (Å²) in [5, 5.41) is 14.0. The standard InChI is InChI=1S/C51H99N2O6P/c1-6-8-10-12-14-16-18-20-22-23-24-25-26-27-28-29-31-33-35-37-39-41-43-45-51(55)52-49(48-59-60(56,57)58-47-46-53(3,4)5)50(54)44-42-40-38-36-34-32-30-21-19-17-15-13-11-9-7-2/h18,20,23-24,26-27,49-50,54H,6-17,19,21-22,25,28-48H2,1-5H3,(H-,52,55,56,57)/b20-18-,24-23-,27-26-. The first-order chi connectivity index (χ1) is 29.0. The minimum atomic E-state index is -4.57. The fourth-order valence-electron chi connectivity index (χ4n) is 7.34. The normalized spacial score (nSPS) is 14.4. The van der Waals surface area contributed by atoms with Crippen LogP contribution in [-0.2, 0) is 18.4 Å². The summed E-state index contributed by atoms with van der Waals surface area (Å²) in [6, 6.07) is -0.804. The zero-order chi connectivity index (χ0) is 44.3. The highest BCUT2D eigenvalue weighted by Gasteiger charge is 2.24. The Balaban J connectivity index is 4.27. The van der Waals surface area contributed by atoms with Crippen molar-refractivity contribution in [1.29, 1.82) is 0 Å². The van der Waals surface area contributed by atoms with E-state index in [1.165, 1.54) is 148 Å². The fourth-order valence-corrected chi connectivity index (χ4v) is 8.06. The number of nitrogens with one attached hydrogen (secondary N) is 1. The third-order valence-electron chi connectivity index (χ3n) is 11.4. The molecule has 3 atom stereocenters. The van der Waals surface area contributed by atoms with Crippen molar-refractivity contribution in [1.82, 2.24) is 5.32 Å². The Morgan fingerprint density at radius 3 is 1.40 bits per heavy atom. The summed E-state index contributed by atoms with van der Waals surface area (Å²) in [5.74, 6) is -0.172. The maximum atomic E-state index is 12.9. The molecule has 1 amide bonds. The smallest absolute Gasteiger partial charge is 0.268 e. The first kappa shape index (κ1) is 58.7. The number of carbonyl (C=O) groups is 1. The summed E-state index contributed by atoms with van der Waals surface area (Å²) in [5.41, 5.74) is 0. The van der Waals surface area contributed by atoms with Crippen LogP contribution in [0.4, 0.5) is 0 Å². The minimum Gasteiger partial charge on any atom is -0.756 e. The van der Waals surface area contributed by atoms with Crippen LogP contribution in [0, 0.1) is 0 Å². The van der Waals surface area contributed by atoms with Crippen LogP contribution in [0.2, 0.25) is 0 Å². The molecule has 0 heterocycles. The van der Waals surface area contributed by atoms with Crippen LogP contribution < -0.4 is 10.2 Å². The van der Waals surface area contributed by atoms with E-state index >= 15 is 0 Å². The first-order valence-electron chi connectivity index (χ1n) is 25.3. The van der Waals surface area contributed by atoms with Crippen molar-refractivity contribution in [3.8, 4) is 0 Å². The maximum absolute atomic E-state index is 12.9. The molecule has 60 heavy (non-hydrogen) atoms. The second kappa shape index (κ2) is 43.0. The van der Waals surface area contributed by atoms with Crippen LogP contribution in [0.15, 0.2) is 36.5 Å². The third kappa shape index (κ3) is 44.8. The van der Waals surface area contributed by atoms with Gasteiger partial charge < -0.3 is 28.8 Å². The van der Waals surface area contributed by atoms with Gasteiger partial charge in [-0.05, 0) is 51.4 Å². The van der Waals surface area contributed by atoms with Crippen LogP contribution in [0.5, 0.6) is 0 Å². The molecule has 8 nitrogen and oxygen atoms in total. The summed E-state index contributed by atoms with van der Waals surface area (Å²) in [4.78, 5) is 25.4. The van der Waals surface area contributed by atoms with Gasteiger partial charge in [0.25, 0.3) is 7.82 Å². The predicted molar refractivity (Wildman–Crippen MR) is 256 cm³/mol. The Bertz CT molecular complexity index is 1070. The lowest BCUT2D eigenvalue weighted by molar-refractivity contribution is -0.870. The number of rotatable bonds is 46. The van der Waals surface area contributed by atoms with Crippen LogP contribution in [-0.4, -0.2) is 68.5 Å². The number of carbonyl (C=O) groups excluding carboxylic acids is 1. The number of hydrogen-bond acceptors (Lipinski definition) is 6. The quantitative estimate of drug-likeness (QED) is 0.0273. The molecule has 0 bridgehead atoms. The van der Waals surface area contributed by atoms with E-state index in [-0.39, 0.29) is 19.1 Å². The van der Waals surface area contributed by atoms with Gasteiger partial charge in [0.15, 0.2) is 0 Å². The number of phosphoric ester groups is 1. The van der Waals surface area contributed by atoms with Crippen molar-refractivity contribution < 1.29 is 32.9 Å². The van der Waals surface area contributed by atoms with Crippen LogP contribution in [0.3, 0.4) is 0 Å². The third-order valence-corrected chi connectivity index (χ3v) is 12.3. The number of hydrogen-bond donors (Lipinski definition) is 2. The van der Waals surface area contributed by atoms with Crippen LogP contribution in [0.1, 0.15) is 232 Å². The highest BCUT2D eigenvalue weighted by molar-refractivity contribution is 7.45. The predicted octanol–water partition coefficient (Wildman–Crippen LogP) is 14.0. The molecule has 3 unspecified atom stereocenters. The topological polar surface area (TPSA) is 108 Å². The summed E-state index contributed by atoms with van der Waals surface area (Å²) < 4.78 is 23.3. The van der Waals surface area contributed by atoms with Gasteiger partial charge in [-0.25, -0.2) is 0 Å². The molecule has 0 aromatic carbocycles. The Hall–Kier alpha value is -1.28. The number of nitrogens with zero attached hydrogens (tertiary/aromatic N) is 1. The molecule has 0 spiro atoms. The van der Waals surface area contributed by atoms with Crippen molar-refractivity contribution >= 4 is 13.7 Å². The summed E-state index contributed by atoms with van der Waals surface area (Å²) >= 11 is 0. The molecular weight excluding hydrogens is 768 g/mol. The van der Waals surface area contributed by atoms with E-state index in [2.05, 4.69) is 55.6 Å². The van der Waals surface area contributed by atoms with Gasteiger partial charge in [0.2, 0.25) is 5.91 Å². The monoisotopic (exact) mass is 867 g/mol. The van der Waals surface area contributed by atoms with Crippen molar-refractivity contribution in [3.05, 3.63) is 36.5 Å². The van der Waals surface area contributed by atoms with E-state index in [0.29, 0.717) is 23.9 Å². The second-order valence-corrected chi connectivity index (χ2v) is 19.9. The number of phosphoric acid groups is 1. The highest BCUT2D eigenvalue weighted by atomic mass is 31.2. The number of amides is 1. The van der Waals surface area contributed by atoms with E-state index in [9.17, 15) is 19.4 Å². The number of aliphatic hydroxyl groups excluding tert-OH is 1. The highest BCUT2D eigenvalue weighted by Crippen LogP contribution is 2.38. The molecular formula is C51H99N2O6P. The molecule has 0 radical (unpaired) electrons. The zero-order valence-electron chi connectivity index (χ0n) is 40.2. The van der Waals surface area contributed by atoms with Gasteiger partial charge in [-0.15, -0.1) is 0 Å². The molecule has 2 N–H and O–H groups in total. The van der Waals surface area contributed by atoms with Gasteiger partial charge in [-0.3, -0.25) is 9.36 Å². The molecule has 0 aliphatic heterocycles. The lowest BCUT2D eigenvalue weighted by atomic mass is 10.0. The second-order valence-electron chi connectivity index (χ2n) is 18.5. The largest absolute Gasteiger partial charge is 0.756 e. The average molecular weight is 867 g/mol. The van der Waals surface area contributed by atoms with Gasteiger partial charge in [-0.2, -0.15) is 0 Å². The molecule has 0 rings (SSSR count). The first-order valence-corrected chi connectivity index (χ1v) is 26.8. The molecule has 9 heteroatoms. The molecule has 0 aliphatic rings. The van der Waals surface area contributed by atoms with Crippen molar-refractivity contribution in [2.24, 2.45) is 0 Å². The van der Waals surface area contributed by atoms with E-state index in [4.69, 9.17) is 9.05 Å².